The molecule has 0 saturated carbocycles. The molecule has 0 aliphatic carbocycles. The Bertz CT molecular complexity index is 890. The fourth-order valence-electron chi connectivity index (χ4n) is 3.59. The Hall–Kier alpha value is -2.79. The zero-order valence-corrected chi connectivity index (χ0v) is 14.9. The highest BCUT2D eigenvalue weighted by atomic mass is 16.5. The first-order valence-electron chi connectivity index (χ1n) is 8.90. The minimum Gasteiger partial charge on any atom is -0.508 e. The molecule has 3 aromatic rings. The van der Waals surface area contributed by atoms with Gasteiger partial charge in [-0.1, -0.05) is 12.1 Å². The smallest absolute Gasteiger partial charge is 0.120 e. The summed E-state index contributed by atoms with van der Waals surface area (Å²) < 4.78 is 5.36. The third-order valence-electron chi connectivity index (χ3n) is 5.10. The highest BCUT2D eigenvalue weighted by Gasteiger charge is 2.19. The molecule has 0 unspecified atom stereocenters. The summed E-state index contributed by atoms with van der Waals surface area (Å²) in [6.07, 6.45) is 3.67. The number of benzene rings is 2. The van der Waals surface area contributed by atoms with Crippen LogP contribution in [-0.2, 0) is 6.54 Å². The summed E-state index contributed by atoms with van der Waals surface area (Å²) >= 11 is 0. The third kappa shape index (κ3) is 3.30. The van der Waals surface area contributed by atoms with Crippen molar-refractivity contribution in [1.29, 1.82) is 0 Å². The van der Waals surface area contributed by atoms with Crippen LogP contribution in [0, 0.1) is 0 Å². The maximum absolute atomic E-state index is 10.4. The van der Waals surface area contributed by atoms with E-state index >= 15 is 0 Å². The van der Waals surface area contributed by atoms with Gasteiger partial charge in [0.1, 0.15) is 11.5 Å². The van der Waals surface area contributed by atoms with Gasteiger partial charge in [-0.15, -0.1) is 0 Å². The van der Waals surface area contributed by atoms with E-state index in [1.807, 2.05) is 36.7 Å². The fourth-order valence-corrected chi connectivity index (χ4v) is 3.59. The largest absolute Gasteiger partial charge is 0.508 e. The lowest BCUT2D eigenvalue weighted by Crippen LogP contribution is -2.46. The van der Waals surface area contributed by atoms with Gasteiger partial charge in [0.2, 0.25) is 0 Å². The van der Waals surface area contributed by atoms with E-state index in [1.54, 1.807) is 13.2 Å². The first kappa shape index (κ1) is 16.7. The molecule has 2 aromatic carbocycles. The Balaban J connectivity index is 1.52. The number of fused-ring (bicyclic) bond motifs is 1. The monoisotopic (exact) mass is 349 g/mol. The Kier molecular flexibility index (Phi) is 4.63. The molecule has 2 heterocycles. The van der Waals surface area contributed by atoms with Gasteiger partial charge in [0.15, 0.2) is 0 Å². The second-order valence-electron chi connectivity index (χ2n) is 6.62. The van der Waals surface area contributed by atoms with Crippen molar-refractivity contribution in [3.63, 3.8) is 0 Å². The van der Waals surface area contributed by atoms with Crippen LogP contribution in [-0.4, -0.2) is 48.3 Å². The minimum atomic E-state index is 0.349. The predicted molar refractivity (Wildman–Crippen MR) is 104 cm³/mol. The van der Waals surface area contributed by atoms with Crippen LogP contribution in [0.25, 0.3) is 10.8 Å². The molecule has 5 nitrogen and oxygen atoms in total. The molecule has 1 aromatic heterocycles. The summed E-state index contributed by atoms with van der Waals surface area (Å²) in [7, 11) is 1.67. The van der Waals surface area contributed by atoms with Crippen molar-refractivity contribution >= 4 is 16.5 Å². The molecule has 0 bridgehead atoms. The summed E-state index contributed by atoms with van der Waals surface area (Å²) in [6.45, 7) is 4.60. The minimum absolute atomic E-state index is 0.349. The molecule has 0 amide bonds. The summed E-state index contributed by atoms with van der Waals surface area (Å²) in [5.41, 5.74) is 2.19. The highest BCUT2D eigenvalue weighted by molar-refractivity contribution is 5.89. The first-order chi connectivity index (χ1) is 12.7. The SMILES string of the molecule is COc1ccc2ccc(O)c(CN3CCN(c4ccncc4)CC3)c2c1. The van der Waals surface area contributed by atoms with E-state index in [-0.39, 0.29) is 0 Å². The Morgan fingerprint density at radius 2 is 1.73 bits per heavy atom. The van der Waals surface area contributed by atoms with Gasteiger partial charge in [-0.25, -0.2) is 0 Å². The zero-order valence-electron chi connectivity index (χ0n) is 14.9. The van der Waals surface area contributed by atoms with Gasteiger partial charge in [-0.05, 0) is 41.1 Å². The van der Waals surface area contributed by atoms with Crippen LogP contribution in [0.3, 0.4) is 0 Å². The molecule has 1 fully saturated rings. The normalized spacial score (nSPS) is 15.3. The van der Waals surface area contributed by atoms with Crippen molar-refractivity contribution in [2.24, 2.45) is 0 Å². The van der Waals surface area contributed by atoms with E-state index < -0.39 is 0 Å². The van der Waals surface area contributed by atoms with Crippen molar-refractivity contribution in [2.75, 3.05) is 38.2 Å². The molecule has 1 aliphatic heterocycles. The predicted octanol–water partition coefficient (Wildman–Crippen LogP) is 3.27. The van der Waals surface area contributed by atoms with Gasteiger partial charge in [0.05, 0.1) is 7.11 Å². The van der Waals surface area contributed by atoms with Crippen molar-refractivity contribution in [2.45, 2.75) is 6.54 Å². The number of anilines is 1. The molecule has 134 valence electrons. The van der Waals surface area contributed by atoms with E-state index in [4.69, 9.17) is 4.74 Å². The lowest BCUT2D eigenvalue weighted by Gasteiger charge is -2.36. The fraction of sp³-hybridized carbons (Fsp3) is 0.286. The number of aromatic nitrogens is 1. The van der Waals surface area contributed by atoms with E-state index in [2.05, 4.69) is 26.9 Å². The van der Waals surface area contributed by atoms with Gasteiger partial charge < -0.3 is 14.7 Å². The zero-order chi connectivity index (χ0) is 17.9. The standard InChI is InChI=1S/C21H23N3O2/c1-26-18-4-2-16-3-5-21(25)20(19(16)14-18)15-23-10-12-24(13-11-23)17-6-8-22-9-7-17/h2-9,14,25H,10-13,15H2,1H3. The van der Waals surface area contributed by atoms with E-state index in [1.165, 1.54) is 5.69 Å². The van der Waals surface area contributed by atoms with Crippen LogP contribution in [0.2, 0.25) is 0 Å². The molecule has 5 heteroatoms. The molecule has 1 saturated heterocycles. The summed E-state index contributed by atoms with van der Waals surface area (Å²) in [4.78, 5) is 8.86. The molecule has 26 heavy (non-hydrogen) atoms. The number of nitrogens with zero attached hydrogens (tertiary/aromatic N) is 3. The lowest BCUT2D eigenvalue weighted by molar-refractivity contribution is 0.247. The average molecular weight is 349 g/mol. The van der Waals surface area contributed by atoms with Gasteiger partial charge in [0.25, 0.3) is 0 Å². The van der Waals surface area contributed by atoms with Crippen LogP contribution in [0.4, 0.5) is 5.69 Å². The molecule has 1 aliphatic rings. The van der Waals surface area contributed by atoms with Crippen LogP contribution in [0.1, 0.15) is 5.56 Å². The van der Waals surface area contributed by atoms with Crippen LogP contribution in [0.15, 0.2) is 54.9 Å². The molecule has 1 N–H and O–H groups in total. The quantitative estimate of drug-likeness (QED) is 0.783. The van der Waals surface area contributed by atoms with Crippen LogP contribution < -0.4 is 9.64 Å². The number of methoxy groups -OCH3 is 1. The van der Waals surface area contributed by atoms with E-state index in [9.17, 15) is 5.11 Å². The van der Waals surface area contributed by atoms with Gasteiger partial charge in [-0.2, -0.15) is 0 Å². The molecular formula is C21H23N3O2. The van der Waals surface area contributed by atoms with Crippen molar-refractivity contribution in [3.8, 4) is 11.5 Å². The highest BCUT2D eigenvalue weighted by Crippen LogP contribution is 2.31. The number of hydrogen-bond donors (Lipinski definition) is 1. The van der Waals surface area contributed by atoms with Gasteiger partial charge in [0, 0.05) is 56.4 Å². The van der Waals surface area contributed by atoms with E-state index in [0.717, 1.165) is 54.8 Å². The van der Waals surface area contributed by atoms with Crippen LogP contribution in [0.5, 0.6) is 11.5 Å². The number of piperazine rings is 1. The molecule has 0 spiro atoms. The molecule has 0 atom stereocenters. The number of phenolic OH excluding ortho intramolecular Hbond substituents is 1. The number of phenols is 1. The Morgan fingerprint density at radius 3 is 2.46 bits per heavy atom. The molecular weight excluding hydrogens is 326 g/mol. The summed E-state index contributed by atoms with van der Waals surface area (Å²) in [5, 5.41) is 12.6. The maximum Gasteiger partial charge on any atom is 0.120 e. The first-order valence-corrected chi connectivity index (χ1v) is 8.90. The number of ether oxygens (including phenoxy) is 1. The summed E-state index contributed by atoms with van der Waals surface area (Å²) in [6, 6.07) is 13.9. The number of aromatic hydroxyl groups is 1. The van der Waals surface area contributed by atoms with Gasteiger partial charge in [-0.3, -0.25) is 9.88 Å². The van der Waals surface area contributed by atoms with E-state index in [0.29, 0.717) is 5.75 Å². The van der Waals surface area contributed by atoms with Crippen molar-refractivity contribution < 1.29 is 9.84 Å². The topological polar surface area (TPSA) is 48.8 Å². The summed E-state index contributed by atoms with van der Waals surface area (Å²) in [5.74, 6) is 1.16. The average Bonchev–Trinajstić information content (AvgIpc) is 2.71. The molecule has 0 radical (unpaired) electrons. The lowest BCUT2D eigenvalue weighted by atomic mass is 10.0. The second-order valence-corrected chi connectivity index (χ2v) is 6.62. The van der Waals surface area contributed by atoms with Crippen LogP contribution >= 0.6 is 0 Å². The van der Waals surface area contributed by atoms with Crippen molar-refractivity contribution in [1.82, 2.24) is 9.88 Å². The number of pyridine rings is 1. The molecule has 4 rings (SSSR count). The Labute approximate surface area is 153 Å². The third-order valence-corrected chi connectivity index (χ3v) is 5.10. The number of hydrogen-bond acceptors (Lipinski definition) is 5. The maximum atomic E-state index is 10.4. The van der Waals surface area contributed by atoms with Gasteiger partial charge >= 0.3 is 0 Å². The van der Waals surface area contributed by atoms with Crippen molar-refractivity contribution in [3.05, 3.63) is 60.4 Å². The second kappa shape index (κ2) is 7.22. The Morgan fingerprint density at radius 1 is 1.00 bits per heavy atom. The number of rotatable bonds is 4.